The van der Waals surface area contributed by atoms with E-state index in [0.717, 1.165) is 0 Å². The van der Waals surface area contributed by atoms with Crippen LogP contribution in [0.1, 0.15) is 101 Å². The lowest BCUT2D eigenvalue weighted by molar-refractivity contribution is -0.382. The summed E-state index contributed by atoms with van der Waals surface area (Å²) in [5.74, 6) is -1.69. The first-order valence-corrected chi connectivity index (χ1v) is 24.5. The molecule has 7 fully saturated rings. The fourth-order valence-electron chi connectivity index (χ4n) is 14.6. The zero-order valence-electron chi connectivity index (χ0n) is 40.4. The Morgan fingerprint density at radius 2 is 1.27 bits per heavy atom. The third kappa shape index (κ3) is 8.92. The summed E-state index contributed by atoms with van der Waals surface area (Å²) in [6.07, 6.45) is -20.2. The first kappa shape index (κ1) is 53.8. The minimum Gasteiger partial charge on any atom is -0.394 e. The fourth-order valence-corrected chi connectivity index (χ4v) is 14.6. The van der Waals surface area contributed by atoms with Crippen molar-refractivity contribution >= 4 is 0 Å². The standard InChI is InChI=1S/C48H82O19/c1-20(2)23(51)11-15-48(9,67-42-38(61)35(58)32(55)26(18-49)64-42)22-10-14-46(7)30(22)24(52)16-28-45(6)13-12-29(53)44(4,5)40(45)25(17-47(28,46)8)63-43-39(36(59)33(56)27(19-50)65-43)66-41-37(60)34(57)31(54)21(3)62-41/h11,15,20-43,49-61H,10,12-14,16-19H2,1-9H3. The van der Waals surface area contributed by atoms with Crippen molar-refractivity contribution in [1.82, 2.24) is 0 Å². The Hall–Kier alpha value is -1.02. The zero-order valence-corrected chi connectivity index (χ0v) is 40.4. The van der Waals surface area contributed by atoms with Gasteiger partial charge in [-0.3, -0.25) is 0 Å². The molecule has 388 valence electrons. The predicted molar refractivity (Wildman–Crippen MR) is 235 cm³/mol. The second kappa shape index (κ2) is 19.4. The van der Waals surface area contributed by atoms with Gasteiger partial charge in [-0.2, -0.15) is 0 Å². The van der Waals surface area contributed by atoms with Crippen molar-refractivity contribution in [1.29, 1.82) is 0 Å². The molecule has 19 nitrogen and oxygen atoms in total. The maximum Gasteiger partial charge on any atom is 0.187 e. The molecule has 7 aliphatic rings. The molecular weight excluding hydrogens is 881 g/mol. The van der Waals surface area contributed by atoms with Gasteiger partial charge in [-0.05, 0) is 104 Å². The van der Waals surface area contributed by atoms with Crippen LogP contribution < -0.4 is 0 Å². The number of fused-ring (bicyclic) bond motifs is 5. The van der Waals surface area contributed by atoms with Crippen LogP contribution in [0.4, 0.5) is 0 Å². The zero-order chi connectivity index (χ0) is 49.7. The maximum atomic E-state index is 12.7. The Balaban J connectivity index is 1.28. The molecular formula is C48H82O19. The number of aliphatic hydroxyl groups is 13. The summed E-state index contributed by atoms with van der Waals surface area (Å²) < 4.78 is 37.8. The van der Waals surface area contributed by atoms with Crippen molar-refractivity contribution in [2.45, 2.75) is 223 Å². The van der Waals surface area contributed by atoms with Crippen molar-refractivity contribution in [3.05, 3.63) is 12.2 Å². The van der Waals surface area contributed by atoms with Crippen molar-refractivity contribution < 1.29 is 94.8 Å². The first-order chi connectivity index (χ1) is 31.1. The normalized spacial score (nSPS) is 53.7. The van der Waals surface area contributed by atoms with Crippen molar-refractivity contribution in [3.63, 3.8) is 0 Å². The van der Waals surface area contributed by atoms with E-state index in [1.165, 1.54) is 6.92 Å². The summed E-state index contributed by atoms with van der Waals surface area (Å²) in [5, 5.41) is 143. The Labute approximate surface area is 393 Å². The van der Waals surface area contributed by atoms with E-state index in [1.807, 2.05) is 27.7 Å². The van der Waals surface area contributed by atoms with E-state index in [9.17, 15) is 66.4 Å². The van der Waals surface area contributed by atoms with Gasteiger partial charge in [0.25, 0.3) is 0 Å². The highest BCUT2D eigenvalue weighted by atomic mass is 16.8. The Morgan fingerprint density at radius 1 is 0.687 bits per heavy atom. The van der Waals surface area contributed by atoms with E-state index in [-0.39, 0.29) is 11.8 Å². The van der Waals surface area contributed by atoms with Crippen LogP contribution in [0, 0.1) is 51.2 Å². The summed E-state index contributed by atoms with van der Waals surface area (Å²) >= 11 is 0. The summed E-state index contributed by atoms with van der Waals surface area (Å²) in [5.41, 5.74) is -4.07. The highest BCUT2D eigenvalue weighted by Gasteiger charge is 2.74. The summed E-state index contributed by atoms with van der Waals surface area (Å²) in [4.78, 5) is 0. The molecule has 3 heterocycles. The van der Waals surface area contributed by atoms with Gasteiger partial charge in [0.05, 0.1) is 49.3 Å². The van der Waals surface area contributed by atoms with Crippen molar-refractivity contribution in [2.24, 2.45) is 51.2 Å². The van der Waals surface area contributed by atoms with Crippen LogP contribution in [-0.2, 0) is 28.4 Å². The molecule has 4 aliphatic carbocycles. The minimum absolute atomic E-state index is 0.139. The molecule has 0 aromatic rings. The molecule has 67 heavy (non-hydrogen) atoms. The van der Waals surface area contributed by atoms with Gasteiger partial charge in [-0.25, -0.2) is 0 Å². The molecule has 27 unspecified atom stereocenters. The molecule has 0 spiro atoms. The lowest BCUT2D eigenvalue weighted by Crippen LogP contribution is -2.71. The maximum absolute atomic E-state index is 12.7. The van der Waals surface area contributed by atoms with Gasteiger partial charge < -0.3 is 94.8 Å². The second-order valence-electron chi connectivity index (χ2n) is 23.2. The smallest absolute Gasteiger partial charge is 0.187 e. The number of hydrogen-bond donors (Lipinski definition) is 13. The molecule has 0 aromatic carbocycles. The van der Waals surface area contributed by atoms with E-state index in [4.69, 9.17) is 28.4 Å². The number of rotatable bonds is 12. The van der Waals surface area contributed by atoms with E-state index >= 15 is 0 Å². The quantitative estimate of drug-likeness (QED) is 0.0807. The summed E-state index contributed by atoms with van der Waals surface area (Å²) in [6, 6.07) is 0. The molecule has 13 N–H and O–H groups in total. The number of ether oxygens (including phenoxy) is 6. The molecule has 3 aliphatic heterocycles. The minimum atomic E-state index is -1.77. The van der Waals surface area contributed by atoms with Crippen LogP contribution in [0.2, 0.25) is 0 Å². The van der Waals surface area contributed by atoms with Gasteiger partial charge in [0.1, 0.15) is 67.1 Å². The topological polar surface area (TPSA) is 318 Å². The predicted octanol–water partition coefficient (Wildman–Crippen LogP) is -1.20. The second-order valence-corrected chi connectivity index (χ2v) is 23.2. The molecule has 27 atom stereocenters. The monoisotopic (exact) mass is 963 g/mol. The van der Waals surface area contributed by atoms with E-state index in [0.29, 0.717) is 38.5 Å². The number of aliphatic hydroxyl groups excluding tert-OH is 13. The third-order valence-corrected chi connectivity index (χ3v) is 18.7. The Kier molecular flexibility index (Phi) is 15.6. The van der Waals surface area contributed by atoms with Crippen LogP contribution >= 0.6 is 0 Å². The van der Waals surface area contributed by atoms with Gasteiger partial charge in [0, 0.05) is 0 Å². The third-order valence-electron chi connectivity index (χ3n) is 18.7. The van der Waals surface area contributed by atoms with Crippen molar-refractivity contribution in [2.75, 3.05) is 13.2 Å². The van der Waals surface area contributed by atoms with Gasteiger partial charge in [-0.1, -0.05) is 60.6 Å². The number of hydrogen-bond acceptors (Lipinski definition) is 19. The summed E-state index contributed by atoms with van der Waals surface area (Å²) in [6.45, 7) is 16.1. The Morgan fingerprint density at radius 3 is 1.88 bits per heavy atom. The fraction of sp³-hybridized carbons (Fsp3) is 0.958. The molecule has 0 amide bonds. The van der Waals surface area contributed by atoms with Crippen LogP contribution in [0.5, 0.6) is 0 Å². The Bertz CT molecular complexity index is 1720. The molecule has 4 saturated carbocycles. The van der Waals surface area contributed by atoms with Gasteiger partial charge in [-0.15, -0.1) is 0 Å². The lowest BCUT2D eigenvalue weighted by atomic mass is 9.34. The largest absolute Gasteiger partial charge is 0.394 e. The van der Waals surface area contributed by atoms with Crippen LogP contribution in [0.25, 0.3) is 0 Å². The molecule has 0 radical (unpaired) electrons. The SMILES string of the molecule is CC(C)C(O)C=CC(C)(OC1OC(CO)C(O)C(O)C1O)C1CCC2(C)C1C(O)CC1C3(C)CCC(O)C(C)(C)C3C(OC3OC(CO)C(O)C(O)C3OC3OC(C)C(O)C(O)C3O)CC12C. The average Bonchev–Trinajstić information content (AvgIpc) is 3.66. The van der Waals surface area contributed by atoms with Gasteiger partial charge in [0.2, 0.25) is 0 Å². The van der Waals surface area contributed by atoms with E-state index < -0.39 is 175 Å². The van der Waals surface area contributed by atoms with Crippen molar-refractivity contribution in [3.8, 4) is 0 Å². The molecule has 0 bridgehead atoms. The van der Waals surface area contributed by atoms with Crippen LogP contribution in [-0.4, -0.2) is 202 Å². The van der Waals surface area contributed by atoms with Gasteiger partial charge in [0.15, 0.2) is 18.9 Å². The van der Waals surface area contributed by atoms with Crippen LogP contribution in [0.15, 0.2) is 12.2 Å². The molecule has 19 heteroatoms. The molecule has 0 aromatic heterocycles. The van der Waals surface area contributed by atoms with E-state index in [2.05, 4.69) is 20.8 Å². The highest BCUT2D eigenvalue weighted by Crippen LogP contribution is 2.76. The average molecular weight is 963 g/mol. The van der Waals surface area contributed by atoms with Gasteiger partial charge >= 0.3 is 0 Å². The van der Waals surface area contributed by atoms with E-state index in [1.54, 1.807) is 19.1 Å². The lowest BCUT2D eigenvalue weighted by Gasteiger charge is -2.72. The first-order valence-electron chi connectivity index (χ1n) is 24.5. The highest BCUT2D eigenvalue weighted by molar-refractivity contribution is 5.23. The molecule has 3 saturated heterocycles. The van der Waals surface area contributed by atoms with Crippen LogP contribution in [0.3, 0.4) is 0 Å². The molecule has 7 rings (SSSR count). The summed E-state index contributed by atoms with van der Waals surface area (Å²) in [7, 11) is 0.